The summed E-state index contributed by atoms with van der Waals surface area (Å²) in [6, 6.07) is 21.3. The molecule has 0 bridgehead atoms. The number of hydrogen-bond acceptors (Lipinski definition) is 5. The van der Waals surface area contributed by atoms with Gasteiger partial charge in [0.25, 0.3) is 10.0 Å². The van der Waals surface area contributed by atoms with E-state index in [9.17, 15) is 8.42 Å². The zero-order valence-electron chi connectivity index (χ0n) is 17.6. The van der Waals surface area contributed by atoms with Gasteiger partial charge in [0.2, 0.25) is 0 Å². The number of aryl methyl sites for hydroxylation is 1. The average Bonchev–Trinajstić information content (AvgIpc) is 3.26. The number of hydrogen-bond donors (Lipinski definition) is 0. The number of hydrazone groups is 1. The molecule has 0 spiro atoms. The molecule has 1 aliphatic heterocycles. The molecule has 0 fully saturated rings. The monoisotopic (exact) mass is 436 g/mol. The summed E-state index contributed by atoms with van der Waals surface area (Å²) < 4.78 is 38.9. The second kappa shape index (κ2) is 8.43. The minimum Gasteiger partial charge on any atom is -0.493 e. The lowest BCUT2D eigenvalue weighted by Gasteiger charge is -2.23. The van der Waals surface area contributed by atoms with Crippen molar-refractivity contribution in [3.05, 3.63) is 89.5 Å². The van der Waals surface area contributed by atoms with Crippen LogP contribution in [0.25, 0.3) is 0 Å². The van der Waals surface area contributed by atoms with Gasteiger partial charge in [-0.2, -0.15) is 17.9 Å². The maximum Gasteiger partial charge on any atom is 0.279 e. The smallest absolute Gasteiger partial charge is 0.279 e. The first-order valence-corrected chi connectivity index (χ1v) is 11.3. The Morgan fingerprint density at radius 1 is 0.903 bits per heavy atom. The second-order valence-corrected chi connectivity index (χ2v) is 9.13. The van der Waals surface area contributed by atoms with E-state index >= 15 is 0 Å². The molecule has 6 nitrogen and oxygen atoms in total. The molecular formula is C24H24N2O4S. The van der Waals surface area contributed by atoms with Gasteiger partial charge in [-0.25, -0.2) is 0 Å². The largest absolute Gasteiger partial charge is 0.493 e. The molecule has 0 amide bonds. The van der Waals surface area contributed by atoms with E-state index in [1.165, 1.54) is 4.41 Å². The summed E-state index contributed by atoms with van der Waals surface area (Å²) in [6.45, 7) is 2.00. The molecule has 0 saturated carbocycles. The fraction of sp³-hybridized carbons (Fsp3) is 0.208. The quantitative estimate of drug-likeness (QED) is 0.568. The fourth-order valence-electron chi connectivity index (χ4n) is 3.64. The first-order valence-electron chi connectivity index (χ1n) is 9.90. The van der Waals surface area contributed by atoms with Crippen molar-refractivity contribution >= 4 is 15.7 Å². The number of ether oxygens (including phenoxy) is 2. The predicted octanol–water partition coefficient (Wildman–Crippen LogP) is 4.55. The van der Waals surface area contributed by atoms with Crippen LogP contribution in [0, 0.1) is 6.92 Å². The highest BCUT2D eigenvalue weighted by Crippen LogP contribution is 2.38. The van der Waals surface area contributed by atoms with Gasteiger partial charge in [0.05, 0.1) is 30.9 Å². The molecule has 0 radical (unpaired) electrons. The summed E-state index contributed by atoms with van der Waals surface area (Å²) in [4.78, 5) is 0.212. The Morgan fingerprint density at radius 2 is 1.58 bits per heavy atom. The van der Waals surface area contributed by atoms with Crippen molar-refractivity contribution < 1.29 is 17.9 Å². The van der Waals surface area contributed by atoms with Crippen molar-refractivity contribution in [2.24, 2.45) is 5.10 Å². The molecule has 31 heavy (non-hydrogen) atoms. The van der Waals surface area contributed by atoms with Crippen LogP contribution in [0.1, 0.15) is 29.2 Å². The zero-order chi connectivity index (χ0) is 22.0. The van der Waals surface area contributed by atoms with E-state index in [-0.39, 0.29) is 4.90 Å². The Kier molecular flexibility index (Phi) is 5.69. The van der Waals surface area contributed by atoms with Crippen LogP contribution in [0.5, 0.6) is 11.5 Å². The maximum atomic E-state index is 13.5. The summed E-state index contributed by atoms with van der Waals surface area (Å²) in [5, 5.41) is 4.58. The molecule has 0 aromatic heterocycles. The van der Waals surface area contributed by atoms with E-state index in [4.69, 9.17) is 9.47 Å². The standard InChI is InChI=1S/C24H24N2O4S/c1-17-9-11-18(12-10-17)22-16-21(19-13-14-23(29-2)24(15-19)30-3)25-26(22)31(27,28)20-7-5-4-6-8-20/h4-15,22H,16H2,1-3H3/t22-/m0/s1. The van der Waals surface area contributed by atoms with Gasteiger partial charge in [-0.1, -0.05) is 48.0 Å². The highest BCUT2D eigenvalue weighted by atomic mass is 32.2. The maximum absolute atomic E-state index is 13.5. The first kappa shape index (κ1) is 20.9. The number of rotatable bonds is 6. The van der Waals surface area contributed by atoms with Crippen LogP contribution < -0.4 is 9.47 Å². The van der Waals surface area contributed by atoms with Gasteiger partial charge in [0, 0.05) is 12.0 Å². The van der Waals surface area contributed by atoms with Gasteiger partial charge in [0.15, 0.2) is 11.5 Å². The Morgan fingerprint density at radius 3 is 2.23 bits per heavy atom. The van der Waals surface area contributed by atoms with Crippen LogP contribution >= 0.6 is 0 Å². The molecule has 7 heteroatoms. The van der Waals surface area contributed by atoms with Gasteiger partial charge in [-0.3, -0.25) is 0 Å². The van der Waals surface area contributed by atoms with Crippen molar-refractivity contribution in [2.75, 3.05) is 14.2 Å². The van der Waals surface area contributed by atoms with Gasteiger partial charge < -0.3 is 9.47 Å². The van der Waals surface area contributed by atoms with Crippen LogP contribution in [0.2, 0.25) is 0 Å². The minimum atomic E-state index is -3.83. The third-order valence-electron chi connectivity index (χ3n) is 5.34. The van der Waals surface area contributed by atoms with E-state index in [2.05, 4.69) is 5.10 Å². The molecule has 160 valence electrons. The van der Waals surface area contributed by atoms with E-state index in [1.807, 2.05) is 43.3 Å². The molecule has 1 atom stereocenters. The molecule has 4 rings (SSSR count). The summed E-state index contributed by atoms with van der Waals surface area (Å²) in [7, 11) is -0.681. The van der Waals surface area contributed by atoms with Gasteiger partial charge >= 0.3 is 0 Å². The van der Waals surface area contributed by atoms with Crippen LogP contribution in [0.15, 0.2) is 82.8 Å². The molecule has 3 aromatic rings. The molecule has 0 unspecified atom stereocenters. The first-order chi connectivity index (χ1) is 14.9. The summed E-state index contributed by atoms with van der Waals surface area (Å²) in [5.41, 5.74) is 3.47. The molecular weight excluding hydrogens is 412 g/mol. The molecule has 3 aromatic carbocycles. The van der Waals surface area contributed by atoms with Crippen molar-refractivity contribution in [1.82, 2.24) is 4.41 Å². The van der Waals surface area contributed by atoms with Crippen LogP contribution in [0.3, 0.4) is 0 Å². The lowest BCUT2D eigenvalue weighted by atomic mass is 9.98. The Labute approximate surface area is 182 Å². The van der Waals surface area contributed by atoms with Crippen molar-refractivity contribution in [1.29, 1.82) is 0 Å². The number of methoxy groups -OCH3 is 2. The van der Waals surface area contributed by atoms with Gasteiger partial charge in [-0.05, 0) is 42.8 Å². The van der Waals surface area contributed by atoms with Gasteiger partial charge in [0.1, 0.15) is 0 Å². The summed E-state index contributed by atoms with van der Waals surface area (Å²) in [5.74, 6) is 1.17. The zero-order valence-corrected chi connectivity index (χ0v) is 18.5. The highest BCUT2D eigenvalue weighted by Gasteiger charge is 2.37. The third-order valence-corrected chi connectivity index (χ3v) is 7.04. The van der Waals surface area contributed by atoms with E-state index < -0.39 is 16.1 Å². The average molecular weight is 437 g/mol. The fourth-order valence-corrected chi connectivity index (χ4v) is 5.09. The summed E-state index contributed by atoms with van der Waals surface area (Å²) in [6.07, 6.45) is 0.449. The van der Waals surface area contributed by atoms with Crippen LogP contribution in [0.4, 0.5) is 0 Å². The predicted molar refractivity (Wildman–Crippen MR) is 120 cm³/mol. The van der Waals surface area contributed by atoms with Crippen LogP contribution in [-0.2, 0) is 10.0 Å². The van der Waals surface area contributed by atoms with E-state index in [0.29, 0.717) is 23.6 Å². The Hall–Kier alpha value is -3.32. The molecule has 0 aliphatic carbocycles. The van der Waals surface area contributed by atoms with Crippen molar-refractivity contribution in [3.8, 4) is 11.5 Å². The lowest BCUT2D eigenvalue weighted by molar-refractivity contribution is 0.355. The highest BCUT2D eigenvalue weighted by molar-refractivity contribution is 7.89. The number of sulfonamides is 1. The minimum absolute atomic E-state index is 0.212. The SMILES string of the molecule is COc1ccc(C2=NN(S(=O)(=O)c3ccccc3)[C@H](c3ccc(C)cc3)C2)cc1OC. The number of nitrogens with zero attached hydrogens (tertiary/aromatic N) is 2. The summed E-state index contributed by atoms with van der Waals surface area (Å²) >= 11 is 0. The third kappa shape index (κ3) is 4.01. The van der Waals surface area contributed by atoms with Gasteiger partial charge in [-0.15, -0.1) is 0 Å². The molecule has 1 aliphatic rings. The normalized spacial score (nSPS) is 16.2. The van der Waals surface area contributed by atoms with Crippen LogP contribution in [-0.4, -0.2) is 32.8 Å². The topological polar surface area (TPSA) is 68.2 Å². The molecule has 0 N–H and O–H groups in total. The molecule has 1 heterocycles. The second-order valence-electron chi connectivity index (χ2n) is 7.34. The van der Waals surface area contributed by atoms with Crippen molar-refractivity contribution in [2.45, 2.75) is 24.3 Å². The lowest BCUT2D eigenvalue weighted by Crippen LogP contribution is -2.27. The Balaban J connectivity index is 1.80. The van der Waals surface area contributed by atoms with E-state index in [0.717, 1.165) is 16.7 Å². The number of benzene rings is 3. The molecule has 0 saturated heterocycles. The van der Waals surface area contributed by atoms with Crippen molar-refractivity contribution in [3.63, 3.8) is 0 Å². The Bertz CT molecular complexity index is 1210. The van der Waals surface area contributed by atoms with E-state index in [1.54, 1.807) is 50.6 Å².